The summed E-state index contributed by atoms with van der Waals surface area (Å²) in [6.45, 7) is 6.86. The second-order valence-electron chi connectivity index (χ2n) is 5.18. The number of carbonyl (C=O) groups is 1. The van der Waals surface area contributed by atoms with E-state index in [1.165, 1.54) is 18.2 Å². The van der Waals surface area contributed by atoms with E-state index in [2.05, 4.69) is 16.6 Å². The van der Waals surface area contributed by atoms with Gasteiger partial charge in [-0.15, -0.1) is 0 Å². The molecular formula is C15H18ClFN4O. The second kappa shape index (κ2) is 6.89. The highest BCUT2D eigenvalue weighted by Gasteiger charge is 2.18. The van der Waals surface area contributed by atoms with Crippen molar-refractivity contribution in [2.75, 3.05) is 33.2 Å². The van der Waals surface area contributed by atoms with Crippen LogP contribution in [-0.4, -0.2) is 54.8 Å². The summed E-state index contributed by atoms with van der Waals surface area (Å²) < 4.78 is 13.3. The molecule has 0 bridgehead atoms. The first-order valence-corrected chi connectivity index (χ1v) is 7.23. The Hall–Kier alpha value is -1.92. The van der Waals surface area contributed by atoms with Gasteiger partial charge in [-0.1, -0.05) is 18.2 Å². The first-order valence-electron chi connectivity index (χ1n) is 6.85. The zero-order valence-electron chi connectivity index (χ0n) is 12.4. The summed E-state index contributed by atoms with van der Waals surface area (Å²) in [6, 6.07) is 4.15. The van der Waals surface area contributed by atoms with Gasteiger partial charge in [-0.25, -0.2) is 4.39 Å². The van der Waals surface area contributed by atoms with Gasteiger partial charge in [0.25, 0.3) is 0 Å². The van der Waals surface area contributed by atoms with E-state index in [9.17, 15) is 9.18 Å². The number of piperazine rings is 1. The van der Waals surface area contributed by atoms with Gasteiger partial charge >= 0.3 is 0 Å². The zero-order valence-corrected chi connectivity index (χ0v) is 13.1. The zero-order chi connectivity index (χ0) is 16.3. The fourth-order valence-electron chi connectivity index (χ4n) is 2.09. The molecule has 1 aromatic rings. The molecule has 0 radical (unpaired) electrons. The Balaban J connectivity index is 2.36. The summed E-state index contributed by atoms with van der Waals surface area (Å²) in [5.74, 6) is -1.21. The van der Waals surface area contributed by atoms with Crippen molar-refractivity contribution >= 4 is 23.2 Å². The molecule has 0 aliphatic carbocycles. The van der Waals surface area contributed by atoms with E-state index in [-0.39, 0.29) is 10.6 Å². The van der Waals surface area contributed by atoms with Crippen LogP contribution in [0.25, 0.3) is 0 Å². The van der Waals surface area contributed by atoms with Crippen LogP contribution in [0, 0.1) is 5.82 Å². The van der Waals surface area contributed by atoms with E-state index >= 15 is 0 Å². The number of nitrogens with two attached hydrogens (primary N) is 1. The third-order valence-electron chi connectivity index (χ3n) is 3.50. The number of primary amides is 1. The standard InChI is InChI=1S/C15H18ClFN4O/c1-10(15(18)22)14(11-3-4-13(17)12(16)9-11)19-21-7-5-20(2)6-8-21/h3-4,9H,1,5-8H2,2H3,(H2,18,22)/b19-14+. The fourth-order valence-corrected chi connectivity index (χ4v) is 2.27. The lowest BCUT2D eigenvalue weighted by Gasteiger charge is -2.31. The maximum Gasteiger partial charge on any atom is 0.250 e. The van der Waals surface area contributed by atoms with Crippen LogP contribution in [0.4, 0.5) is 4.39 Å². The minimum atomic E-state index is -0.673. The van der Waals surface area contributed by atoms with Gasteiger partial charge in [0.15, 0.2) is 0 Å². The smallest absolute Gasteiger partial charge is 0.250 e. The molecule has 7 heteroatoms. The third kappa shape index (κ3) is 3.84. The molecule has 2 N–H and O–H groups in total. The van der Waals surface area contributed by atoms with Crippen molar-refractivity contribution in [3.63, 3.8) is 0 Å². The molecule has 2 rings (SSSR count). The number of amides is 1. The number of halogens is 2. The number of likely N-dealkylation sites (N-methyl/N-ethyl adjacent to an activating group) is 1. The topological polar surface area (TPSA) is 61.9 Å². The molecule has 1 amide bonds. The Morgan fingerprint density at radius 3 is 2.55 bits per heavy atom. The number of carbonyl (C=O) groups excluding carboxylic acids is 1. The molecule has 1 fully saturated rings. The number of hydrazone groups is 1. The number of hydrogen-bond acceptors (Lipinski definition) is 4. The van der Waals surface area contributed by atoms with Crippen molar-refractivity contribution < 1.29 is 9.18 Å². The predicted molar refractivity (Wildman–Crippen MR) is 85.4 cm³/mol. The van der Waals surface area contributed by atoms with Crippen molar-refractivity contribution in [2.24, 2.45) is 10.8 Å². The molecule has 0 aromatic heterocycles. The molecule has 1 aliphatic heterocycles. The summed E-state index contributed by atoms with van der Waals surface area (Å²) in [4.78, 5) is 13.7. The van der Waals surface area contributed by atoms with E-state index in [0.29, 0.717) is 11.3 Å². The van der Waals surface area contributed by atoms with Gasteiger partial charge in [-0.2, -0.15) is 5.10 Å². The highest BCUT2D eigenvalue weighted by molar-refractivity contribution is 6.32. The van der Waals surface area contributed by atoms with Crippen LogP contribution in [0.5, 0.6) is 0 Å². The molecule has 0 atom stereocenters. The molecule has 22 heavy (non-hydrogen) atoms. The summed E-state index contributed by atoms with van der Waals surface area (Å²) >= 11 is 5.81. The van der Waals surface area contributed by atoms with E-state index in [1.54, 1.807) is 0 Å². The Bertz CT molecular complexity index is 624. The number of hydrogen-bond donors (Lipinski definition) is 1. The van der Waals surface area contributed by atoms with E-state index in [1.807, 2.05) is 12.1 Å². The Morgan fingerprint density at radius 1 is 1.36 bits per heavy atom. The van der Waals surface area contributed by atoms with Gasteiger partial charge in [0.05, 0.1) is 10.6 Å². The van der Waals surface area contributed by atoms with Gasteiger partial charge in [0.1, 0.15) is 11.5 Å². The van der Waals surface area contributed by atoms with Crippen molar-refractivity contribution in [3.05, 3.63) is 46.8 Å². The maximum absolute atomic E-state index is 13.3. The van der Waals surface area contributed by atoms with E-state index < -0.39 is 11.7 Å². The lowest BCUT2D eigenvalue weighted by atomic mass is 10.0. The number of benzene rings is 1. The van der Waals surface area contributed by atoms with Crippen molar-refractivity contribution in [2.45, 2.75) is 0 Å². The minimum absolute atomic E-state index is 0.0409. The average molecular weight is 325 g/mol. The van der Waals surface area contributed by atoms with Gasteiger partial charge in [0.2, 0.25) is 5.91 Å². The van der Waals surface area contributed by atoms with Crippen LogP contribution in [0.15, 0.2) is 35.5 Å². The molecule has 118 valence electrons. The second-order valence-corrected chi connectivity index (χ2v) is 5.58. The molecule has 0 saturated carbocycles. The van der Waals surface area contributed by atoms with Crippen LogP contribution in [0.2, 0.25) is 5.02 Å². The monoisotopic (exact) mass is 324 g/mol. The summed E-state index contributed by atoms with van der Waals surface area (Å²) in [6.07, 6.45) is 0. The Labute approximate surface area is 133 Å². The van der Waals surface area contributed by atoms with Crippen LogP contribution in [-0.2, 0) is 4.79 Å². The highest BCUT2D eigenvalue weighted by atomic mass is 35.5. The lowest BCUT2D eigenvalue weighted by molar-refractivity contribution is -0.114. The Kier molecular flexibility index (Phi) is 5.15. The Morgan fingerprint density at radius 2 is 2.00 bits per heavy atom. The first-order chi connectivity index (χ1) is 10.4. The average Bonchev–Trinajstić information content (AvgIpc) is 2.49. The quantitative estimate of drug-likeness (QED) is 0.674. The van der Waals surface area contributed by atoms with Crippen LogP contribution >= 0.6 is 11.6 Å². The van der Waals surface area contributed by atoms with Gasteiger partial charge in [-0.3, -0.25) is 9.80 Å². The molecule has 0 unspecified atom stereocenters. The van der Waals surface area contributed by atoms with Crippen LogP contribution in [0.1, 0.15) is 5.56 Å². The summed E-state index contributed by atoms with van der Waals surface area (Å²) in [5.41, 5.74) is 6.21. The largest absolute Gasteiger partial charge is 0.366 e. The lowest BCUT2D eigenvalue weighted by Crippen LogP contribution is -2.42. The normalized spacial score (nSPS) is 16.7. The highest BCUT2D eigenvalue weighted by Crippen LogP contribution is 2.19. The maximum atomic E-state index is 13.3. The SMILES string of the molecule is C=C(C(N)=O)/C(=N\N1CCN(C)CC1)c1ccc(F)c(Cl)c1. The molecule has 1 aromatic carbocycles. The minimum Gasteiger partial charge on any atom is -0.366 e. The van der Waals surface area contributed by atoms with Crippen molar-refractivity contribution in [1.29, 1.82) is 0 Å². The first kappa shape index (κ1) is 16.5. The van der Waals surface area contributed by atoms with Crippen molar-refractivity contribution in [3.8, 4) is 0 Å². The molecule has 1 heterocycles. The molecule has 1 saturated heterocycles. The fraction of sp³-hybridized carbons (Fsp3) is 0.333. The number of nitrogens with zero attached hydrogens (tertiary/aromatic N) is 3. The van der Waals surface area contributed by atoms with Crippen LogP contribution in [0.3, 0.4) is 0 Å². The van der Waals surface area contributed by atoms with Crippen molar-refractivity contribution in [1.82, 2.24) is 9.91 Å². The molecule has 0 spiro atoms. The molecule has 1 aliphatic rings. The molecule has 5 nitrogen and oxygen atoms in total. The predicted octanol–water partition coefficient (Wildman–Crippen LogP) is 1.47. The molecular weight excluding hydrogens is 307 g/mol. The van der Waals surface area contributed by atoms with Crippen LogP contribution < -0.4 is 5.73 Å². The third-order valence-corrected chi connectivity index (χ3v) is 3.79. The van der Waals surface area contributed by atoms with E-state index in [0.717, 1.165) is 26.2 Å². The van der Waals surface area contributed by atoms with Gasteiger partial charge < -0.3 is 10.6 Å². The van der Waals surface area contributed by atoms with Gasteiger partial charge in [0, 0.05) is 31.7 Å². The van der Waals surface area contributed by atoms with Gasteiger partial charge in [-0.05, 0) is 25.2 Å². The summed E-state index contributed by atoms with van der Waals surface area (Å²) in [5, 5.41) is 6.28. The number of rotatable bonds is 4. The summed E-state index contributed by atoms with van der Waals surface area (Å²) in [7, 11) is 2.03. The van der Waals surface area contributed by atoms with E-state index in [4.69, 9.17) is 17.3 Å².